The highest BCUT2D eigenvalue weighted by Crippen LogP contribution is 2.18. The molecular weight excluding hydrogens is 266 g/mol. The summed E-state index contributed by atoms with van der Waals surface area (Å²) in [5.74, 6) is 0.170. The van der Waals surface area contributed by atoms with Gasteiger partial charge in [-0.2, -0.15) is 0 Å². The number of carbonyl (C=O) groups excluding carboxylic acids is 1. The van der Waals surface area contributed by atoms with Crippen molar-refractivity contribution in [3.63, 3.8) is 0 Å². The van der Waals surface area contributed by atoms with Crippen molar-refractivity contribution in [2.24, 2.45) is 0 Å². The van der Waals surface area contributed by atoms with E-state index in [-0.39, 0.29) is 28.3 Å². The molecule has 0 saturated carbocycles. The van der Waals surface area contributed by atoms with Crippen LogP contribution in [0.4, 0.5) is 5.82 Å². The summed E-state index contributed by atoms with van der Waals surface area (Å²) in [6, 6.07) is -0.380. The second-order valence-electron chi connectivity index (χ2n) is 3.68. The van der Waals surface area contributed by atoms with Gasteiger partial charge in [0.15, 0.2) is 6.29 Å². The lowest BCUT2D eigenvalue weighted by Crippen LogP contribution is -2.26. The number of nitrogens with one attached hydrogen (secondary N) is 1. The standard InChI is InChI=1S/C9H12ClN3O3S/c1-6(4-17(2,15)16)13-9-7(3-14)8(10)11-5-12-9/h3,5-6H,4H2,1-2H3,(H,11,12,13). The van der Waals surface area contributed by atoms with E-state index in [0.29, 0.717) is 6.29 Å². The van der Waals surface area contributed by atoms with Crippen LogP contribution in [-0.4, -0.2) is 42.7 Å². The average molecular weight is 278 g/mol. The fraction of sp³-hybridized carbons (Fsp3) is 0.444. The second-order valence-corrected chi connectivity index (χ2v) is 6.23. The predicted molar refractivity (Wildman–Crippen MR) is 65.2 cm³/mol. The summed E-state index contributed by atoms with van der Waals surface area (Å²) in [7, 11) is -3.10. The number of nitrogens with zero attached hydrogens (tertiary/aromatic N) is 2. The number of aldehydes is 1. The lowest BCUT2D eigenvalue weighted by atomic mass is 10.3. The minimum Gasteiger partial charge on any atom is -0.366 e. The van der Waals surface area contributed by atoms with E-state index in [1.807, 2.05) is 0 Å². The molecule has 0 aliphatic rings. The van der Waals surface area contributed by atoms with Gasteiger partial charge in [-0.25, -0.2) is 18.4 Å². The Balaban J connectivity index is 2.88. The molecule has 1 unspecified atom stereocenters. The van der Waals surface area contributed by atoms with Gasteiger partial charge in [0.05, 0.1) is 11.3 Å². The molecule has 0 fully saturated rings. The molecule has 0 radical (unpaired) electrons. The third-order valence-electron chi connectivity index (χ3n) is 1.89. The molecule has 94 valence electrons. The van der Waals surface area contributed by atoms with E-state index in [1.54, 1.807) is 6.92 Å². The number of hydrogen-bond acceptors (Lipinski definition) is 6. The second kappa shape index (κ2) is 5.42. The SMILES string of the molecule is CC(CS(C)(=O)=O)Nc1ncnc(Cl)c1C=O. The average Bonchev–Trinajstić information content (AvgIpc) is 2.14. The molecule has 17 heavy (non-hydrogen) atoms. The Bertz CT molecular complexity index is 518. The summed E-state index contributed by atoms with van der Waals surface area (Å²) in [5, 5.41) is 2.84. The van der Waals surface area contributed by atoms with Crippen LogP contribution in [0, 0.1) is 0 Å². The first-order chi connectivity index (χ1) is 7.83. The first-order valence-electron chi connectivity index (χ1n) is 4.73. The van der Waals surface area contributed by atoms with Crippen molar-refractivity contribution in [1.29, 1.82) is 0 Å². The van der Waals surface area contributed by atoms with Crippen LogP contribution in [0.3, 0.4) is 0 Å². The molecule has 1 rings (SSSR count). The molecule has 1 atom stereocenters. The minimum atomic E-state index is -3.10. The number of rotatable bonds is 5. The molecule has 0 spiro atoms. The topological polar surface area (TPSA) is 89.0 Å². The number of anilines is 1. The molecule has 8 heteroatoms. The smallest absolute Gasteiger partial charge is 0.156 e. The molecule has 6 nitrogen and oxygen atoms in total. The molecule has 1 aromatic rings. The zero-order chi connectivity index (χ0) is 13.1. The number of hydrogen-bond donors (Lipinski definition) is 1. The molecule has 1 N–H and O–H groups in total. The Morgan fingerprint density at radius 1 is 1.53 bits per heavy atom. The summed E-state index contributed by atoms with van der Waals surface area (Å²) in [5.41, 5.74) is 0.120. The number of aromatic nitrogens is 2. The van der Waals surface area contributed by atoms with Crippen LogP contribution in [-0.2, 0) is 9.84 Å². The van der Waals surface area contributed by atoms with Crippen LogP contribution in [0.15, 0.2) is 6.33 Å². The van der Waals surface area contributed by atoms with E-state index in [4.69, 9.17) is 11.6 Å². The van der Waals surface area contributed by atoms with Gasteiger partial charge in [-0.15, -0.1) is 0 Å². The third-order valence-corrected chi connectivity index (χ3v) is 3.30. The molecule has 0 aromatic carbocycles. The molecule has 1 heterocycles. The quantitative estimate of drug-likeness (QED) is 0.632. The van der Waals surface area contributed by atoms with Crippen LogP contribution in [0.5, 0.6) is 0 Å². The van der Waals surface area contributed by atoms with Crippen molar-refractivity contribution in [1.82, 2.24) is 9.97 Å². The van der Waals surface area contributed by atoms with Crippen molar-refractivity contribution >= 4 is 33.5 Å². The maximum absolute atomic E-state index is 11.1. The van der Waals surface area contributed by atoms with Gasteiger partial charge < -0.3 is 5.32 Å². The molecule has 1 aromatic heterocycles. The third kappa shape index (κ3) is 4.27. The summed E-state index contributed by atoms with van der Waals surface area (Å²) in [6.45, 7) is 1.67. The van der Waals surface area contributed by atoms with E-state index in [2.05, 4.69) is 15.3 Å². The van der Waals surface area contributed by atoms with Gasteiger partial charge in [0.1, 0.15) is 27.1 Å². The fourth-order valence-corrected chi connectivity index (χ4v) is 2.49. The molecule has 0 aliphatic carbocycles. The largest absolute Gasteiger partial charge is 0.366 e. The summed E-state index contributed by atoms with van der Waals surface area (Å²) < 4.78 is 22.2. The summed E-state index contributed by atoms with van der Waals surface area (Å²) in [6.07, 6.45) is 2.86. The highest BCUT2D eigenvalue weighted by molar-refractivity contribution is 7.90. The Morgan fingerprint density at radius 3 is 2.71 bits per heavy atom. The van der Waals surface area contributed by atoms with Crippen LogP contribution >= 0.6 is 11.6 Å². The van der Waals surface area contributed by atoms with Gasteiger partial charge in [0, 0.05) is 12.3 Å². The molecule has 0 saturated heterocycles. The molecule has 0 bridgehead atoms. The Hall–Kier alpha value is -1.21. The van der Waals surface area contributed by atoms with Gasteiger partial charge >= 0.3 is 0 Å². The van der Waals surface area contributed by atoms with Gasteiger partial charge in [-0.1, -0.05) is 11.6 Å². The highest BCUT2D eigenvalue weighted by Gasteiger charge is 2.14. The molecular formula is C9H12ClN3O3S. The van der Waals surface area contributed by atoms with E-state index < -0.39 is 9.84 Å². The normalized spacial score (nSPS) is 13.1. The van der Waals surface area contributed by atoms with Gasteiger partial charge in [-0.05, 0) is 6.92 Å². The van der Waals surface area contributed by atoms with Crippen molar-refractivity contribution in [3.05, 3.63) is 17.0 Å². The lowest BCUT2D eigenvalue weighted by Gasteiger charge is -2.14. The van der Waals surface area contributed by atoms with Gasteiger partial charge in [0.25, 0.3) is 0 Å². The maximum atomic E-state index is 11.1. The Kier molecular flexibility index (Phi) is 4.41. The fourth-order valence-electron chi connectivity index (χ4n) is 1.32. The maximum Gasteiger partial charge on any atom is 0.156 e. The van der Waals surface area contributed by atoms with Crippen molar-refractivity contribution in [2.75, 3.05) is 17.3 Å². The predicted octanol–water partition coefficient (Wildman–Crippen LogP) is 0.787. The summed E-state index contributed by atoms with van der Waals surface area (Å²) in [4.78, 5) is 18.3. The van der Waals surface area contributed by atoms with E-state index in [0.717, 1.165) is 6.26 Å². The zero-order valence-corrected chi connectivity index (χ0v) is 10.9. The lowest BCUT2D eigenvalue weighted by molar-refractivity contribution is 0.112. The zero-order valence-electron chi connectivity index (χ0n) is 9.34. The number of carbonyl (C=O) groups is 1. The van der Waals surface area contributed by atoms with Crippen LogP contribution in [0.2, 0.25) is 5.15 Å². The first kappa shape index (κ1) is 13.9. The van der Waals surface area contributed by atoms with Crippen molar-refractivity contribution in [3.8, 4) is 0 Å². The molecule has 0 aliphatic heterocycles. The number of sulfone groups is 1. The van der Waals surface area contributed by atoms with E-state index in [1.165, 1.54) is 6.33 Å². The van der Waals surface area contributed by atoms with Crippen LogP contribution in [0.25, 0.3) is 0 Å². The summed E-state index contributed by atoms with van der Waals surface area (Å²) >= 11 is 5.71. The first-order valence-corrected chi connectivity index (χ1v) is 7.17. The van der Waals surface area contributed by atoms with E-state index >= 15 is 0 Å². The van der Waals surface area contributed by atoms with Gasteiger partial charge in [-0.3, -0.25) is 4.79 Å². The van der Waals surface area contributed by atoms with Crippen molar-refractivity contribution in [2.45, 2.75) is 13.0 Å². The Labute approximate surface area is 104 Å². The monoisotopic (exact) mass is 277 g/mol. The van der Waals surface area contributed by atoms with Gasteiger partial charge in [0.2, 0.25) is 0 Å². The van der Waals surface area contributed by atoms with E-state index in [9.17, 15) is 13.2 Å². The molecule has 0 amide bonds. The van der Waals surface area contributed by atoms with Crippen LogP contribution < -0.4 is 5.32 Å². The number of halogens is 1. The highest BCUT2D eigenvalue weighted by atomic mass is 35.5. The minimum absolute atomic E-state index is 0.0315. The van der Waals surface area contributed by atoms with Crippen LogP contribution in [0.1, 0.15) is 17.3 Å². The Morgan fingerprint density at radius 2 is 2.18 bits per heavy atom. The van der Waals surface area contributed by atoms with Crippen molar-refractivity contribution < 1.29 is 13.2 Å².